The Morgan fingerprint density at radius 2 is 2.19 bits per heavy atom. The average molecular weight is 225 g/mol. The largest absolute Gasteiger partial charge is 0.383 e. The van der Waals surface area contributed by atoms with Crippen molar-refractivity contribution in [2.75, 3.05) is 13.7 Å². The van der Waals surface area contributed by atoms with Gasteiger partial charge in [0.25, 0.3) is 0 Å². The topological polar surface area (TPSA) is 39.1 Å². The summed E-state index contributed by atoms with van der Waals surface area (Å²) in [7, 11) is 1.72. The van der Waals surface area contributed by atoms with Gasteiger partial charge in [-0.1, -0.05) is 13.8 Å². The molecule has 4 nitrogen and oxygen atoms in total. The Kier molecular flexibility index (Phi) is 5.49. The molecule has 1 aromatic rings. The summed E-state index contributed by atoms with van der Waals surface area (Å²) in [5.41, 5.74) is 1.23. The van der Waals surface area contributed by atoms with E-state index >= 15 is 0 Å². The van der Waals surface area contributed by atoms with Crippen molar-refractivity contribution in [1.29, 1.82) is 0 Å². The molecule has 0 saturated carbocycles. The third-order valence-corrected chi connectivity index (χ3v) is 2.31. The third kappa shape index (κ3) is 4.77. The van der Waals surface area contributed by atoms with Crippen LogP contribution in [0.3, 0.4) is 0 Å². The molecule has 0 bridgehead atoms. The molecule has 1 N–H and O–H groups in total. The molecule has 0 aromatic carbocycles. The maximum absolute atomic E-state index is 5.07. The van der Waals surface area contributed by atoms with Gasteiger partial charge in [-0.3, -0.25) is 4.68 Å². The number of rotatable bonds is 7. The van der Waals surface area contributed by atoms with Crippen LogP contribution in [-0.2, 0) is 17.8 Å². The quantitative estimate of drug-likeness (QED) is 0.767. The predicted molar refractivity (Wildman–Crippen MR) is 65.2 cm³/mol. The van der Waals surface area contributed by atoms with Crippen molar-refractivity contribution in [3.05, 3.63) is 18.0 Å². The van der Waals surface area contributed by atoms with E-state index in [1.165, 1.54) is 5.56 Å². The Labute approximate surface area is 98.0 Å². The summed E-state index contributed by atoms with van der Waals surface area (Å²) in [6, 6.07) is 0.374. The fraction of sp³-hybridized carbons (Fsp3) is 0.750. The second-order valence-corrected chi connectivity index (χ2v) is 4.70. The normalized spacial score (nSPS) is 13.3. The lowest BCUT2D eigenvalue weighted by Crippen LogP contribution is -2.29. The molecule has 0 spiro atoms. The summed E-state index contributed by atoms with van der Waals surface area (Å²) in [5, 5.41) is 7.71. The Balaban J connectivity index is 2.34. The van der Waals surface area contributed by atoms with Crippen molar-refractivity contribution < 1.29 is 4.74 Å². The summed E-state index contributed by atoms with van der Waals surface area (Å²) in [5.74, 6) is 0.633. The molecule has 1 rings (SSSR count). The molecule has 0 fully saturated rings. The Hall–Kier alpha value is -0.870. The number of ether oxygens (including phenoxy) is 1. The maximum atomic E-state index is 5.07. The van der Waals surface area contributed by atoms with Crippen LogP contribution in [0.15, 0.2) is 12.4 Å². The lowest BCUT2D eigenvalue weighted by molar-refractivity contribution is 0.171. The first-order valence-corrected chi connectivity index (χ1v) is 5.85. The SMILES string of the molecule is COCC(C)NCc1cnn(CC(C)C)c1. The van der Waals surface area contributed by atoms with Crippen molar-refractivity contribution in [3.8, 4) is 0 Å². The van der Waals surface area contributed by atoms with Crippen LogP contribution >= 0.6 is 0 Å². The number of aromatic nitrogens is 2. The maximum Gasteiger partial charge on any atom is 0.0613 e. The van der Waals surface area contributed by atoms with E-state index in [4.69, 9.17) is 4.74 Å². The van der Waals surface area contributed by atoms with Gasteiger partial charge in [0.15, 0.2) is 0 Å². The van der Waals surface area contributed by atoms with E-state index in [1.54, 1.807) is 7.11 Å². The standard InChI is InChI=1S/C12H23N3O/c1-10(2)7-15-8-12(6-14-15)5-13-11(3)9-16-4/h6,8,10-11,13H,5,7,9H2,1-4H3. The van der Waals surface area contributed by atoms with Gasteiger partial charge in [-0.05, 0) is 12.8 Å². The molecule has 0 aliphatic heterocycles. The van der Waals surface area contributed by atoms with Crippen LogP contribution in [0, 0.1) is 5.92 Å². The van der Waals surface area contributed by atoms with Crippen LogP contribution in [0.1, 0.15) is 26.3 Å². The molecule has 1 aromatic heterocycles. The van der Waals surface area contributed by atoms with Crippen molar-refractivity contribution in [1.82, 2.24) is 15.1 Å². The van der Waals surface area contributed by atoms with Crippen LogP contribution in [0.2, 0.25) is 0 Å². The van der Waals surface area contributed by atoms with Gasteiger partial charge < -0.3 is 10.1 Å². The smallest absolute Gasteiger partial charge is 0.0613 e. The van der Waals surface area contributed by atoms with Crippen molar-refractivity contribution >= 4 is 0 Å². The Bertz CT molecular complexity index is 296. The zero-order valence-electron chi connectivity index (χ0n) is 10.7. The number of nitrogens with one attached hydrogen (secondary N) is 1. The summed E-state index contributed by atoms with van der Waals surface area (Å²) in [4.78, 5) is 0. The van der Waals surface area contributed by atoms with Gasteiger partial charge in [-0.15, -0.1) is 0 Å². The monoisotopic (exact) mass is 225 g/mol. The molecule has 1 atom stereocenters. The molecule has 0 saturated heterocycles. The molecule has 0 aliphatic carbocycles. The number of hydrogen-bond acceptors (Lipinski definition) is 3. The second kappa shape index (κ2) is 6.66. The number of hydrogen-bond donors (Lipinski definition) is 1. The minimum absolute atomic E-state index is 0.374. The van der Waals surface area contributed by atoms with Crippen LogP contribution in [0.4, 0.5) is 0 Å². The highest BCUT2D eigenvalue weighted by atomic mass is 16.5. The van der Waals surface area contributed by atoms with E-state index in [-0.39, 0.29) is 0 Å². The van der Waals surface area contributed by atoms with E-state index < -0.39 is 0 Å². The highest BCUT2D eigenvalue weighted by Gasteiger charge is 2.03. The summed E-state index contributed by atoms with van der Waals surface area (Å²) in [6.45, 7) is 9.07. The lowest BCUT2D eigenvalue weighted by atomic mass is 10.2. The fourth-order valence-electron chi connectivity index (χ4n) is 1.57. The van der Waals surface area contributed by atoms with E-state index in [0.29, 0.717) is 12.0 Å². The van der Waals surface area contributed by atoms with Gasteiger partial charge in [0.05, 0.1) is 12.8 Å². The molecule has 16 heavy (non-hydrogen) atoms. The zero-order chi connectivity index (χ0) is 12.0. The van der Waals surface area contributed by atoms with Crippen molar-refractivity contribution in [2.45, 2.75) is 39.9 Å². The Morgan fingerprint density at radius 1 is 1.44 bits per heavy atom. The fourth-order valence-corrected chi connectivity index (χ4v) is 1.57. The van der Waals surface area contributed by atoms with E-state index in [2.05, 4.69) is 37.4 Å². The van der Waals surface area contributed by atoms with Gasteiger partial charge >= 0.3 is 0 Å². The molecule has 1 unspecified atom stereocenters. The first-order chi connectivity index (χ1) is 7.61. The minimum Gasteiger partial charge on any atom is -0.383 e. The molecule has 0 amide bonds. The molecule has 1 heterocycles. The summed E-state index contributed by atoms with van der Waals surface area (Å²) >= 11 is 0. The van der Waals surface area contributed by atoms with E-state index in [0.717, 1.165) is 19.7 Å². The zero-order valence-corrected chi connectivity index (χ0v) is 10.7. The first kappa shape index (κ1) is 13.2. The number of nitrogens with zero attached hydrogens (tertiary/aromatic N) is 2. The predicted octanol–water partition coefficient (Wildman–Crippen LogP) is 1.66. The average Bonchev–Trinajstić information content (AvgIpc) is 2.62. The van der Waals surface area contributed by atoms with Crippen LogP contribution in [-0.4, -0.2) is 29.5 Å². The first-order valence-electron chi connectivity index (χ1n) is 5.85. The molecule has 0 radical (unpaired) electrons. The second-order valence-electron chi connectivity index (χ2n) is 4.70. The number of methoxy groups -OCH3 is 1. The van der Waals surface area contributed by atoms with Gasteiger partial charge in [0.1, 0.15) is 0 Å². The van der Waals surface area contributed by atoms with Crippen LogP contribution < -0.4 is 5.32 Å². The summed E-state index contributed by atoms with van der Waals surface area (Å²) < 4.78 is 7.07. The molecular formula is C12H23N3O. The molecule has 92 valence electrons. The minimum atomic E-state index is 0.374. The van der Waals surface area contributed by atoms with E-state index in [1.807, 2.05) is 10.9 Å². The molecule has 0 aliphatic rings. The third-order valence-electron chi connectivity index (χ3n) is 2.31. The van der Waals surface area contributed by atoms with Gasteiger partial charge in [-0.2, -0.15) is 5.10 Å². The molecule has 4 heteroatoms. The summed E-state index contributed by atoms with van der Waals surface area (Å²) in [6.07, 6.45) is 4.03. The van der Waals surface area contributed by atoms with Crippen molar-refractivity contribution in [2.24, 2.45) is 5.92 Å². The lowest BCUT2D eigenvalue weighted by Gasteiger charge is -2.11. The van der Waals surface area contributed by atoms with Crippen molar-refractivity contribution in [3.63, 3.8) is 0 Å². The molecular weight excluding hydrogens is 202 g/mol. The van der Waals surface area contributed by atoms with Gasteiger partial charge in [0.2, 0.25) is 0 Å². The Morgan fingerprint density at radius 3 is 2.81 bits per heavy atom. The van der Waals surface area contributed by atoms with Gasteiger partial charge in [0, 0.05) is 38.0 Å². The highest BCUT2D eigenvalue weighted by Crippen LogP contribution is 2.02. The van der Waals surface area contributed by atoms with E-state index in [9.17, 15) is 0 Å². The van der Waals surface area contributed by atoms with Crippen LogP contribution in [0.25, 0.3) is 0 Å². The highest BCUT2D eigenvalue weighted by molar-refractivity contribution is 5.03. The van der Waals surface area contributed by atoms with Crippen LogP contribution in [0.5, 0.6) is 0 Å². The van der Waals surface area contributed by atoms with Gasteiger partial charge in [-0.25, -0.2) is 0 Å².